The first kappa shape index (κ1) is 15.3. The van der Waals surface area contributed by atoms with Gasteiger partial charge < -0.3 is 10.1 Å². The number of thiazole rings is 1. The number of nitrogens with one attached hydrogen (secondary N) is 1. The highest BCUT2D eigenvalue weighted by Crippen LogP contribution is 2.30. The van der Waals surface area contributed by atoms with Crippen molar-refractivity contribution in [2.45, 2.75) is 45.6 Å². The van der Waals surface area contributed by atoms with Crippen molar-refractivity contribution in [1.29, 1.82) is 0 Å². The standard InChI is InChI=1S/C17H22N2O2S/c1-11(2)10-21-16(20)12-7-8-14-15(9-12)22-17(19-14)18-13-5-3-4-6-13/h7-9,11,13H,3-6,10H2,1-2H3,(H,18,19). The lowest BCUT2D eigenvalue weighted by atomic mass is 10.2. The van der Waals surface area contributed by atoms with Crippen LogP contribution in [0.3, 0.4) is 0 Å². The average molecular weight is 318 g/mol. The molecule has 0 bridgehead atoms. The minimum absolute atomic E-state index is 0.255. The molecule has 1 fully saturated rings. The highest BCUT2D eigenvalue weighted by Gasteiger charge is 2.17. The molecule has 0 unspecified atom stereocenters. The van der Waals surface area contributed by atoms with E-state index in [4.69, 9.17) is 4.74 Å². The number of carbonyl (C=O) groups excluding carboxylic acids is 1. The van der Waals surface area contributed by atoms with Crippen molar-refractivity contribution in [3.63, 3.8) is 0 Å². The molecule has 0 amide bonds. The third-order valence-electron chi connectivity index (χ3n) is 3.85. The Labute approximate surface area is 134 Å². The summed E-state index contributed by atoms with van der Waals surface area (Å²) in [5.41, 5.74) is 1.54. The van der Waals surface area contributed by atoms with Crippen LogP contribution in [0.15, 0.2) is 18.2 Å². The predicted molar refractivity (Wildman–Crippen MR) is 90.6 cm³/mol. The fourth-order valence-electron chi connectivity index (χ4n) is 2.68. The number of hydrogen-bond acceptors (Lipinski definition) is 5. The van der Waals surface area contributed by atoms with Gasteiger partial charge in [-0.3, -0.25) is 0 Å². The molecule has 1 aromatic carbocycles. The smallest absolute Gasteiger partial charge is 0.338 e. The van der Waals surface area contributed by atoms with Crippen molar-refractivity contribution in [3.8, 4) is 0 Å². The van der Waals surface area contributed by atoms with Crippen LogP contribution in [-0.4, -0.2) is 23.6 Å². The maximum atomic E-state index is 12.0. The third-order valence-corrected chi connectivity index (χ3v) is 4.80. The fourth-order valence-corrected chi connectivity index (χ4v) is 3.67. The van der Waals surface area contributed by atoms with Gasteiger partial charge in [-0.2, -0.15) is 0 Å². The summed E-state index contributed by atoms with van der Waals surface area (Å²) in [6.45, 7) is 4.51. The van der Waals surface area contributed by atoms with Gasteiger partial charge in [-0.05, 0) is 37.0 Å². The van der Waals surface area contributed by atoms with E-state index in [1.54, 1.807) is 17.4 Å². The quantitative estimate of drug-likeness (QED) is 0.827. The van der Waals surface area contributed by atoms with Crippen LogP contribution in [0.4, 0.5) is 5.13 Å². The number of esters is 1. The minimum Gasteiger partial charge on any atom is -0.462 e. The van der Waals surface area contributed by atoms with E-state index >= 15 is 0 Å². The molecule has 0 saturated heterocycles. The van der Waals surface area contributed by atoms with Crippen LogP contribution in [0.25, 0.3) is 10.2 Å². The summed E-state index contributed by atoms with van der Waals surface area (Å²) in [6.07, 6.45) is 5.05. The zero-order valence-corrected chi connectivity index (χ0v) is 13.9. The Bertz CT molecular complexity index is 660. The van der Waals surface area contributed by atoms with E-state index in [2.05, 4.69) is 10.3 Å². The molecule has 4 nitrogen and oxygen atoms in total. The van der Waals surface area contributed by atoms with Crippen LogP contribution in [0.1, 0.15) is 49.9 Å². The summed E-state index contributed by atoms with van der Waals surface area (Å²) >= 11 is 1.61. The molecule has 3 rings (SSSR count). The first-order chi connectivity index (χ1) is 10.6. The summed E-state index contributed by atoms with van der Waals surface area (Å²) in [4.78, 5) is 16.6. The molecule has 0 spiro atoms. The molecule has 1 aliphatic rings. The Balaban J connectivity index is 1.73. The monoisotopic (exact) mass is 318 g/mol. The van der Waals surface area contributed by atoms with Gasteiger partial charge >= 0.3 is 5.97 Å². The van der Waals surface area contributed by atoms with Gasteiger partial charge in [-0.15, -0.1) is 0 Å². The maximum Gasteiger partial charge on any atom is 0.338 e. The number of aromatic nitrogens is 1. The molecule has 22 heavy (non-hydrogen) atoms. The second kappa shape index (κ2) is 6.65. The molecule has 1 aromatic heterocycles. The second-order valence-corrected chi connectivity index (χ2v) is 7.35. The maximum absolute atomic E-state index is 12.0. The van der Waals surface area contributed by atoms with Crippen LogP contribution >= 0.6 is 11.3 Å². The van der Waals surface area contributed by atoms with Gasteiger partial charge in [-0.1, -0.05) is 38.0 Å². The summed E-state index contributed by atoms with van der Waals surface area (Å²) < 4.78 is 6.31. The average Bonchev–Trinajstić information content (AvgIpc) is 3.12. The third kappa shape index (κ3) is 3.58. The van der Waals surface area contributed by atoms with Crippen molar-refractivity contribution in [2.75, 3.05) is 11.9 Å². The Morgan fingerprint density at radius 2 is 2.18 bits per heavy atom. The summed E-state index contributed by atoms with van der Waals surface area (Å²) in [5.74, 6) is 0.0904. The summed E-state index contributed by atoms with van der Waals surface area (Å²) in [5, 5.41) is 4.46. The molecule has 1 aliphatic carbocycles. The lowest BCUT2D eigenvalue weighted by molar-refractivity contribution is 0.0459. The van der Waals surface area contributed by atoms with Crippen LogP contribution in [-0.2, 0) is 4.74 Å². The molecule has 1 N–H and O–H groups in total. The molecule has 2 aromatic rings. The topological polar surface area (TPSA) is 51.2 Å². The Hall–Kier alpha value is -1.62. The number of carbonyl (C=O) groups is 1. The Morgan fingerprint density at radius 3 is 2.91 bits per heavy atom. The number of fused-ring (bicyclic) bond motifs is 1. The molecule has 118 valence electrons. The van der Waals surface area contributed by atoms with E-state index in [0.717, 1.165) is 15.3 Å². The largest absolute Gasteiger partial charge is 0.462 e. The SMILES string of the molecule is CC(C)COC(=O)c1ccc2nc(NC3CCCC3)sc2c1. The first-order valence-corrected chi connectivity index (χ1v) is 8.78. The van der Waals surface area contributed by atoms with E-state index in [-0.39, 0.29) is 5.97 Å². The van der Waals surface area contributed by atoms with Crippen LogP contribution in [0, 0.1) is 5.92 Å². The molecular weight excluding hydrogens is 296 g/mol. The van der Waals surface area contributed by atoms with Gasteiger partial charge in [0.2, 0.25) is 0 Å². The van der Waals surface area contributed by atoms with E-state index < -0.39 is 0 Å². The highest BCUT2D eigenvalue weighted by molar-refractivity contribution is 7.22. The molecule has 0 radical (unpaired) electrons. The number of hydrogen-bond donors (Lipinski definition) is 1. The van der Waals surface area contributed by atoms with Crippen LogP contribution < -0.4 is 5.32 Å². The van der Waals surface area contributed by atoms with Gasteiger partial charge in [0.05, 0.1) is 22.4 Å². The summed E-state index contributed by atoms with van der Waals surface area (Å²) in [6, 6.07) is 6.13. The van der Waals surface area contributed by atoms with Crippen molar-refractivity contribution in [1.82, 2.24) is 4.98 Å². The van der Waals surface area contributed by atoms with Crippen molar-refractivity contribution >= 4 is 32.7 Å². The fraction of sp³-hybridized carbons (Fsp3) is 0.529. The van der Waals surface area contributed by atoms with E-state index in [1.807, 2.05) is 26.0 Å². The Morgan fingerprint density at radius 1 is 1.41 bits per heavy atom. The number of nitrogens with zero attached hydrogens (tertiary/aromatic N) is 1. The summed E-state index contributed by atoms with van der Waals surface area (Å²) in [7, 11) is 0. The van der Waals surface area contributed by atoms with E-state index in [9.17, 15) is 4.79 Å². The predicted octanol–water partition coefficient (Wildman–Crippen LogP) is 4.46. The second-order valence-electron chi connectivity index (χ2n) is 6.32. The number of benzene rings is 1. The zero-order chi connectivity index (χ0) is 15.5. The van der Waals surface area contributed by atoms with Gasteiger partial charge in [0, 0.05) is 6.04 Å². The van der Waals surface area contributed by atoms with Crippen LogP contribution in [0.2, 0.25) is 0 Å². The highest BCUT2D eigenvalue weighted by atomic mass is 32.1. The lowest BCUT2D eigenvalue weighted by Gasteiger charge is -2.09. The lowest BCUT2D eigenvalue weighted by Crippen LogP contribution is -2.13. The van der Waals surface area contributed by atoms with E-state index in [0.29, 0.717) is 24.1 Å². The molecule has 0 atom stereocenters. The number of ether oxygens (including phenoxy) is 1. The number of anilines is 1. The van der Waals surface area contributed by atoms with Crippen molar-refractivity contribution in [2.24, 2.45) is 5.92 Å². The number of rotatable bonds is 5. The molecule has 5 heteroatoms. The van der Waals surface area contributed by atoms with Crippen molar-refractivity contribution < 1.29 is 9.53 Å². The zero-order valence-electron chi connectivity index (χ0n) is 13.1. The van der Waals surface area contributed by atoms with Gasteiger partial charge in [0.1, 0.15) is 0 Å². The first-order valence-electron chi connectivity index (χ1n) is 7.96. The molecule has 1 heterocycles. The Kier molecular flexibility index (Phi) is 4.62. The molecule has 0 aliphatic heterocycles. The molecule has 1 saturated carbocycles. The van der Waals surface area contributed by atoms with Gasteiger partial charge in [0.25, 0.3) is 0 Å². The molecular formula is C17H22N2O2S. The normalized spacial score (nSPS) is 15.6. The van der Waals surface area contributed by atoms with E-state index in [1.165, 1.54) is 25.7 Å². The van der Waals surface area contributed by atoms with Crippen LogP contribution in [0.5, 0.6) is 0 Å². The van der Waals surface area contributed by atoms with Gasteiger partial charge in [-0.25, -0.2) is 9.78 Å². The minimum atomic E-state index is -0.255. The van der Waals surface area contributed by atoms with Crippen molar-refractivity contribution in [3.05, 3.63) is 23.8 Å². The van der Waals surface area contributed by atoms with Gasteiger partial charge in [0.15, 0.2) is 5.13 Å².